The lowest BCUT2D eigenvalue weighted by Gasteiger charge is -2.11. The minimum absolute atomic E-state index is 0.186. The molecule has 0 saturated heterocycles. The maximum Gasteiger partial charge on any atom is 0.338 e. The van der Waals surface area contributed by atoms with Gasteiger partial charge < -0.3 is 15.8 Å². The van der Waals surface area contributed by atoms with E-state index in [1.807, 2.05) is 6.07 Å². The predicted molar refractivity (Wildman–Crippen MR) is 99.5 cm³/mol. The standard InChI is InChI=1S/C19H17N3O4S/c20-9-11-4-3-5-12(8-11)19(25)26-10-15(23)22-18-16(17(21)24)13-6-1-2-7-14(13)27-18/h3-5,8H,1-2,6-7,10H2,(H2,21,24)(H,22,23). The van der Waals surface area contributed by atoms with Crippen LogP contribution < -0.4 is 11.1 Å². The Balaban J connectivity index is 1.66. The smallest absolute Gasteiger partial charge is 0.338 e. The summed E-state index contributed by atoms with van der Waals surface area (Å²) >= 11 is 1.34. The lowest BCUT2D eigenvalue weighted by Crippen LogP contribution is -2.23. The number of esters is 1. The quantitative estimate of drug-likeness (QED) is 0.768. The number of nitrogens with two attached hydrogens (primary N) is 1. The number of rotatable bonds is 5. The summed E-state index contributed by atoms with van der Waals surface area (Å²) in [6.07, 6.45) is 3.65. The molecule has 3 rings (SSSR count). The van der Waals surface area contributed by atoms with Crippen LogP contribution in [-0.2, 0) is 22.4 Å². The van der Waals surface area contributed by atoms with E-state index in [-0.39, 0.29) is 5.56 Å². The Morgan fingerprint density at radius 2 is 2.04 bits per heavy atom. The van der Waals surface area contributed by atoms with Crippen molar-refractivity contribution in [3.63, 3.8) is 0 Å². The number of carbonyl (C=O) groups is 3. The number of carbonyl (C=O) groups excluding carboxylic acids is 3. The van der Waals surface area contributed by atoms with Crippen LogP contribution in [0.25, 0.3) is 0 Å². The van der Waals surface area contributed by atoms with E-state index in [0.29, 0.717) is 16.1 Å². The number of benzene rings is 1. The second kappa shape index (κ2) is 8.01. The Morgan fingerprint density at radius 3 is 2.78 bits per heavy atom. The fourth-order valence-electron chi connectivity index (χ4n) is 3.01. The van der Waals surface area contributed by atoms with Crippen molar-refractivity contribution >= 4 is 34.1 Å². The molecule has 3 N–H and O–H groups in total. The number of nitrogens with one attached hydrogen (secondary N) is 1. The second-order valence-electron chi connectivity index (χ2n) is 6.10. The Labute approximate surface area is 159 Å². The highest BCUT2D eigenvalue weighted by Gasteiger charge is 2.25. The van der Waals surface area contributed by atoms with Crippen molar-refractivity contribution in [2.24, 2.45) is 5.73 Å². The number of ether oxygens (including phenoxy) is 1. The van der Waals surface area contributed by atoms with Gasteiger partial charge in [0, 0.05) is 4.88 Å². The minimum atomic E-state index is -0.706. The van der Waals surface area contributed by atoms with Crippen molar-refractivity contribution in [2.45, 2.75) is 25.7 Å². The van der Waals surface area contributed by atoms with E-state index in [1.54, 1.807) is 12.1 Å². The third-order valence-electron chi connectivity index (χ3n) is 4.23. The summed E-state index contributed by atoms with van der Waals surface area (Å²) in [7, 11) is 0. The molecule has 8 heteroatoms. The van der Waals surface area contributed by atoms with Crippen molar-refractivity contribution in [3.05, 3.63) is 51.4 Å². The van der Waals surface area contributed by atoms with Crippen LogP contribution in [0.5, 0.6) is 0 Å². The largest absolute Gasteiger partial charge is 0.452 e. The lowest BCUT2D eigenvalue weighted by molar-refractivity contribution is -0.119. The number of anilines is 1. The molecule has 0 aliphatic heterocycles. The molecule has 1 aromatic carbocycles. The monoisotopic (exact) mass is 383 g/mol. The third kappa shape index (κ3) is 4.15. The SMILES string of the molecule is N#Cc1cccc(C(=O)OCC(=O)Nc2sc3c(c2C(N)=O)CCCC3)c1. The molecule has 1 aromatic heterocycles. The Bertz CT molecular complexity index is 958. The van der Waals surface area contributed by atoms with E-state index in [0.717, 1.165) is 36.1 Å². The molecular formula is C19H17N3O4S. The Kier molecular flexibility index (Phi) is 5.52. The molecule has 2 amide bonds. The molecule has 2 aromatic rings. The minimum Gasteiger partial charge on any atom is -0.452 e. The molecule has 0 bridgehead atoms. The van der Waals surface area contributed by atoms with E-state index in [4.69, 9.17) is 15.7 Å². The van der Waals surface area contributed by atoms with Crippen LogP contribution >= 0.6 is 11.3 Å². The van der Waals surface area contributed by atoms with Gasteiger partial charge in [0.15, 0.2) is 6.61 Å². The number of amides is 2. The topological polar surface area (TPSA) is 122 Å². The highest BCUT2D eigenvalue weighted by atomic mass is 32.1. The molecule has 0 unspecified atom stereocenters. The number of hydrogen-bond acceptors (Lipinski definition) is 6. The first-order valence-corrected chi connectivity index (χ1v) is 9.22. The van der Waals surface area contributed by atoms with Crippen LogP contribution in [0.1, 0.15) is 49.6 Å². The van der Waals surface area contributed by atoms with Gasteiger partial charge in [-0.3, -0.25) is 9.59 Å². The fourth-order valence-corrected chi connectivity index (χ4v) is 4.32. The van der Waals surface area contributed by atoms with E-state index >= 15 is 0 Å². The number of nitrogens with zero attached hydrogens (tertiary/aromatic N) is 1. The number of thiophene rings is 1. The predicted octanol–water partition coefficient (Wildman–Crippen LogP) is 2.39. The summed E-state index contributed by atoms with van der Waals surface area (Å²) < 4.78 is 4.99. The molecule has 1 heterocycles. The van der Waals surface area contributed by atoms with Gasteiger partial charge in [-0.15, -0.1) is 11.3 Å². The first kappa shape index (κ1) is 18.6. The van der Waals surface area contributed by atoms with Gasteiger partial charge >= 0.3 is 5.97 Å². The number of fused-ring (bicyclic) bond motifs is 1. The molecule has 1 aliphatic rings. The van der Waals surface area contributed by atoms with Crippen molar-refractivity contribution in [2.75, 3.05) is 11.9 Å². The highest BCUT2D eigenvalue weighted by molar-refractivity contribution is 7.17. The van der Waals surface area contributed by atoms with E-state index in [1.165, 1.54) is 23.5 Å². The molecule has 27 heavy (non-hydrogen) atoms. The zero-order valence-corrected chi connectivity index (χ0v) is 15.2. The van der Waals surface area contributed by atoms with Crippen LogP contribution in [0, 0.1) is 11.3 Å². The van der Waals surface area contributed by atoms with E-state index < -0.39 is 24.4 Å². The van der Waals surface area contributed by atoms with Crippen molar-refractivity contribution in [1.82, 2.24) is 0 Å². The number of nitriles is 1. The number of hydrogen-bond donors (Lipinski definition) is 2. The summed E-state index contributed by atoms with van der Waals surface area (Å²) in [6.45, 7) is -0.504. The van der Waals surface area contributed by atoms with Gasteiger partial charge in [0.1, 0.15) is 5.00 Å². The van der Waals surface area contributed by atoms with Crippen molar-refractivity contribution < 1.29 is 19.1 Å². The van der Waals surface area contributed by atoms with Crippen LogP contribution in [-0.4, -0.2) is 24.4 Å². The van der Waals surface area contributed by atoms with Gasteiger partial charge in [0.05, 0.1) is 22.8 Å². The van der Waals surface area contributed by atoms with Gasteiger partial charge in [-0.05, 0) is 49.4 Å². The van der Waals surface area contributed by atoms with Gasteiger partial charge in [0.2, 0.25) is 0 Å². The fraction of sp³-hybridized carbons (Fsp3) is 0.263. The average molecular weight is 383 g/mol. The average Bonchev–Trinajstić information content (AvgIpc) is 3.04. The normalized spacial score (nSPS) is 12.6. The Hall–Kier alpha value is -3.18. The second-order valence-corrected chi connectivity index (χ2v) is 7.20. The van der Waals surface area contributed by atoms with E-state index in [9.17, 15) is 14.4 Å². The lowest BCUT2D eigenvalue weighted by atomic mass is 9.95. The first-order valence-electron chi connectivity index (χ1n) is 8.41. The number of primary amides is 1. The molecule has 7 nitrogen and oxygen atoms in total. The van der Waals surface area contributed by atoms with Crippen LogP contribution in [0.2, 0.25) is 0 Å². The molecule has 1 aliphatic carbocycles. The summed E-state index contributed by atoms with van der Waals surface area (Å²) in [4.78, 5) is 37.1. The van der Waals surface area contributed by atoms with E-state index in [2.05, 4.69) is 5.32 Å². The summed E-state index contributed by atoms with van der Waals surface area (Å²) in [5.41, 5.74) is 7.27. The van der Waals surface area contributed by atoms with Gasteiger partial charge in [0.25, 0.3) is 11.8 Å². The van der Waals surface area contributed by atoms with Gasteiger partial charge in [-0.25, -0.2) is 4.79 Å². The molecule has 0 fully saturated rings. The van der Waals surface area contributed by atoms with Gasteiger partial charge in [-0.2, -0.15) is 5.26 Å². The maximum absolute atomic E-state index is 12.2. The molecule has 0 saturated carbocycles. The molecule has 0 radical (unpaired) electrons. The van der Waals surface area contributed by atoms with Crippen molar-refractivity contribution in [1.29, 1.82) is 5.26 Å². The van der Waals surface area contributed by atoms with Crippen molar-refractivity contribution in [3.8, 4) is 6.07 Å². The molecule has 138 valence electrons. The molecule has 0 spiro atoms. The maximum atomic E-state index is 12.2. The van der Waals surface area contributed by atoms with Crippen LogP contribution in [0.3, 0.4) is 0 Å². The highest BCUT2D eigenvalue weighted by Crippen LogP contribution is 2.37. The zero-order valence-electron chi connectivity index (χ0n) is 14.4. The summed E-state index contributed by atoms with van der Waals surface area (Å²) in [5.74, 6) is -1.83. The zero-order chi connectivity index (χ0) is 19.4. The van der Waals surface area contributed by atoms with Crippen LogP contribution in [0.15, 0.2) is 24.3 Å². The van der Waals surface area contributed by atoms with Gasteiger partial charge in [-0.1, -0.05) is 6.07 Å². The first-order chi connectivity index (χ1) is 13.0. The Morgan fingerprint density at radius 1 is 1.26 bits per heavy atom. The van der Waals surface area contributed by atoms with Crippen LogP contribution in [0.4, 0.5) is 5.00 Å². The molecule has 0 atom stereocenters. The third-order valence-corrected chi connectivity index (χ3v) is 5.44. The number of aryl methyl sites for hydroxylation is 1. The summed E-state index contributed by atoms with van der Waals surface area (Å²) in [6, 6.07) is 7.94. The molecular weight excluding hydrogens is 366 g/mol. The summed E-state index contributed by atoms with van der Waals surface area (Å²) in [5, 5.41) is 11.9.